The van der Waals surface area contributed by atoms with Gasteiger partial charge in [0.15, 0.2) is 0 Å². The van der Waals surface area contributed by atoms with Crippen molar-refractivity contribution >= 4 is 5.57 Å². The van der Waals surface area contributed by atoms with Crippen LogP contribution in [0.2, 0.25) is 0 Å². The number of hydrogen-bond donors (Lipinski definition) is 1. The van der Waals surface area contributed by atoms with Crippen LogP contribution in [0, 0.1) is 16.7 Å². The van der Waals surface area contributed by atoms with Gasteiger partial charge in [0.2, 0.25) is 0 Å². The Balaban J connectivity index is 1.87. The van der Waals surface area contributed by atoms with Crippen LogP contribution in [-0.4, -0.2) is 18.3 Å². The van der Waals surface area contributed by atoms with Crippen LogP contribution in [0.4, 0.5) is 0 Å². The van der Waals surface area contributed by atoms with E-state index in [-0.39, 0.29) is 10.8 Å². The maximum absolute atomic E-state index is 9.81. The Bertz CT molecular complexity index is 689. The van der Waals surface area contributed by atoms with Crippen LogP contribution >= 0.6 is 0 Å². The summed E-state index contributed by atoms with van der Waals surface area (Å²) in [6.07, 6.45) is 10.5. The predicted molar refractivity (Wildman–Crippen MR) is 93.3 cm³/mol. The van der Waals surface area contributed by atoms with Gasteiger partial charge in [-0.1, -0.05) is 25.1 Å². The standard InChI is InChI=1S/C21H26O2/c1-4-21-12-9-14-13-15(22)5-6-16(14)17(21)10-11-20(2)18(21)7-8-19(20)23-3/h4-6,10,13,18-19,22H,1,7-9,11-12H2,2-3H3/t18?,19-,20+,21-/m1/s1. The average Bonchev–Trinajstić information content (AvgIpc) is 2.91. The van der Waals surface area contributed by atoms with Gasteiger partial charge < -0.3 is 9.84 Å². The lowest BCUT2D eigenvalue weighted by molar-refractivity contribution is -0.0192. The van der Waals surface area contributed by atoms with Crippen LogP contribution < -0.4 is 0 Å². The number of allylic oxidation sites excluding steroid dienone is 3. The number of phenols is 1. The SMILES string of the molecule is C=C[C@@]12CCc3cc(O)ccc3C1=CC[C@@]1(C)C2CC[C@H]1OC. The van der Waals surface area contributed by atoms with Crippen molar-refractivity contribution in [3.05, 3.63) is 48.1 Å². The molecule has 0 saturated heterocycles. The number of hydrogen-bond acceptors (Lipinski definition) is 2. The summed E-state index contributed by atoms with van der Waals surface area (Å²) in [6.45, 7) is 6.67. The Hall–Kier alpha value is -1.54. The predicted octanol–water partition coefficient (Wildman–Crippen LogP) is 4.73. The maximum Gasteiger partial charge on any atom is 0.115 e. The highest BCUT2D eigenvalue weighted by Gasteiger charge is 2.58. The van der Waals surface area contributed by atoms with Crippen molar-refractivity contribution < 1.29 is 9.84 Å². The van der Waals surface area contributed by atoms with Gasteiger partial charge in [-0.2, -0.15) is 0 Å². The van der Waals surface area contributed by atoms with Gasteiger partial charge in [0, 0.05) is 17.9 Å². The first kappa shape index (κ1) is 15.0. The molecule has 1 aromatic carbocycles. The number of aromatic hydroxyl groups is 1. The van der Waals surface area contributed by atoms with Crippen LogP contribution in [0.3, 0.4) is 0 Å². The van der Waals surface area contributed by atoms with E-state index in [9.17, 15) is 5.11 Å². The second-order valence-electron chi connectivity index (χ2n) is 7.77. The third-order valence-electron chi connectivity index (χ3n) is 6.95. The molecule has 2 heteroatoms. The van der Waals surface area contributed by atoms with Crippen LogP contribution in [0.15, 0.2) is 36.9 Å². The fourth-order valence-corrected chi connectivity index (χ4v) is 5.82. The van der Waals surface area contributed by atoms with E-state index in [2.05, 4.69) is 31.7 Å². The van der Waals surface area contributed by atoms with E-state index in [1.54, 1.807) is 0 Å². The van der Waals surface area contributed by atoms with E-state index in [0.717, 1.165) is 25.7 Å². The molecule has 23 heavy (non-hydrogen) atoms. The van der Waals surface area contributed by atoms with E-state index in [1.807, 2.05) is 19.2 Å². The molecule has 0 bridgehead atoms. The molecule has 1 aromatic rings. The molecule has 0 amide bonds. The van der Waals surface area contributed by atoms with E-state index in [4.69, 9.17) is 4.74 Å². The second kappa shape index (κ2) is 4.98. The molecule has 0 spiro atoms. The minimum Gasteiger partial charge on any atom is -0.508 e. The molecule has 3 aliphatic rings. The summed E-state index contributed by atoms with van der Waals surface area (Å²) in [5.74, 6) is 0.968. The smallest absolute Gasteiger partial charge is 0.115 e. The van der Waals surface area contributed by atoms with Crippen LogP contribution in [0.1, 0.15) is 43.7 Å². The normalized spacial score (nSPS) is 38.3. The lowest BCUT2D eigenvalue weighted by atomic mass is 9.51. The van der Waals surface area contributed by atoms with E-state index in [1.165, 1.54) is 23.1 Å². The first-order valence-electron chi connectivity index (χ1n) is 8.74. The minimum atomic E-state index is 0.0598. The zero-order valence-electron chi connectivity index (χ0n) is 14.1. The molecule has 0 heterocycles. The van der Waals surface area contributed by atoms with Gasteiger partial charge in [0.05, 0.1) is 6.10 Å². The van der Waals surface area contributed by atoms with E-state index >= 15 is 0 Å². The van der Waals surface area contributed by atoms with Gasteiger partial charge in [-0.05, 0) is 66.9 Å². The van der Waals surface area contributed by atoms with Crippen molar-refractivity contribution in [2.24, 2.45) is 16.7 Å². The largest absolute Gasteiger partial charge is 0.508 e. The fourth-order valence-electron chi connectivity index (χ4n) is 5.82. The van der Waals surface area contributed by atoms with Gasteiger partial charge in [0.25, 0.3) is 0 Å². The maximum atomic E-state index is 9.81. The molecule has 4 atom stereocenters. The number of aryl methyl sites for hydroxylation is 1. The van der Waals surface area contributed by atoms with Gasteiger partial charge in [-0.25, -0.2) is 0 Å². The summed E-state index contributed by atoms with van der Waals surface area (Å²) in [4.78, 5) is 0. The summed E-state index contributed by atoms with van der Waals surface area (Å²) in [6, 6.07) is 5.85. The summed E-state index contributed by atoms with van der Waals surface area (Å²) in [5.41, 5.74) is 4.30. The number of rotatable bonds is 2. The van der Waals surface area contributed by atoms with Crippen LogP contribution in [0.25, 0.3) is 5.57 Å². The molecular formula is C21H26O2. The number of fused-ring (bicyclic) bond motifs is 5. The highest BCUT2D eigenvalue weighted by molar-refractivity contribution is 5.78. The van der Waals surface area contributed by atoms with Crippen molar-refractivity contribution in [3.8, 4) is 5.75 Å². The Kier molecular flexibility index (Phi) is 3.25. The zero-order chi connectivity index (χ0) is 16.2. The molecule has 122 valence electrons. The van der Waals surface area contributed by atoms with Gasteiger partial charge in [-0.3, -0.25) is 0 Å². The number of methoxy groups -OCH3 is 1. The van der Waals surface area contributed by atoms with Crippen molar-refractivity contribution in [3.63, 3.8) is 0 Å². The Labute approximate surface area is 138 Å². The zero-order valence-corrected chi connectivity index (χ0v) is 14.1. The summed E-state index contributed by atoms with van der Waals surface area (Å²) < 4.78 is 5.84. The molecule has 1 saturated carbocycles. The molecule has 1 fully saturated rings. The molecule has 0 radical (unpaired) electrons. The molecule has 0 aromatic heterocycles. The lowest BCUT2D eigenvalue weighted by Crippen LogP contribution is -2.46. The van der Waals surface area contributed by atoms with Crippen molar-refractivity contribution in [1.29, 1.82) is 0 Å². The molecule has 1 N–H and O–H groups in total. The number of ether oxygens (including phenoxy) is 1. The Morgan fingerprint density at radius 1 is 1.35 bits per heavy atom. The van der Waals surface area contributed by atoms with Crippen LogP contribution in [0.5, 0.6) is 5.75 Å². The van der Waals surface area contributed by atoms with E-state index in [0.29, 0.717) is 17.8 Å². The minimum absolute atomic E-state index is 0.0598. The number of benzene rings is 1. The molecule has 2 nitrogen and oxygen atoms in total. The monoisotopic (exact) mass is 310 g/mol. The molecule has 3 aliphatic carbocycles. The summed E-state index contributed by atoms with van der Waals surface area (Å²) in [7, 11) is 1.86. The molecule has 0 aliphatic heterocycles. The third kappa shape index (κ3) is 1.85. The summed E-state index contributed by atoms with van der Waals surface area (Å²) in [5, 5.41) is 9.81. The topological polar surface area (TPSA) is 29.5 Å². The fraction of sp³-hybridized carbons (Fsp3) is 0.524. The summed E-state index contributed by atoms with van der Waals surface area (Å²) >= 11 is 0. The highest BCUT2D eigenvalue weighted by Crippen LogP contribution is 2.65. The molecule has 4 rings (SSSR count). The van der Waals surface area contributed by atoms with E-state index < -0.39 is 0 Å². The second-order valence-corrected chi connectivity index (χ2v) is 7.77. The highest BCUT2D eigenvalue weighted by atomic mass is 16.5. The first-order chi connectivity index (χ1) is 11.0. The lowest BCUT2D eigenvalue weighted by Gasteiger charge is -2.53. The van der Waals surface area contributed by atoms with Gasteiger partial charge in [-0.15, -0.1) is 6.58 Å². The molecule has 1 unspecified atom stereocenters. The van der Waals surface area contributed by atoms with Crippen molar-refractivity contribution in [2.45, 2.75) is 45.1 Å². The van der Waals surface area contributed by atoms with Gasteiger partial charge >= 0.3 is 0 Å². The first-order valence-corrected chi connectivity index (χ1v) is 8.74. The molecular weight excluding hydrogens is 284 g/mol. The van der Waals surface area contributed by atoms with Crippen molar-refractivity contribution in [1.82, 2.24) is 0 Å². The van der Waals surface area contributed by atoms with Crippen molar-refractivity contribution in [2.75, 3.05) is 7.11 Å². The number of phenolic OH excluding ortho intramolecular Hbond substituents is 1. The Morgan fingerprint density at radius 2 is 2.17 bits per heavy atom. The van der Waals surface area contributed by atoms with Crippen LogP contribution in [-0.2, 0) is 11.2 Å². The van der Waals surface area contributed by atoms with Gasteiger partial charge in [0.1, 0.15) is 5.75 Å². The average molecular weight is 310 g/mol. The Morgan fingerprint density at radius 3 is 2.91 bits per heavy atom. The third-order valence-corrected chi connectivity index (χ3v) is 6.95. The quantitative estimate of drug-likeness (QED) is 0.800.